The van der Waals surface area contributed by atoms with E-state index >= 15 is 0 Å². The fourth-order valence-corrected chi connectivity index (χ4v) is 1.54. The summed E-state index contributed by atoms with van der Waals surface area (Å²) in [5, 5.41) is 0. The normalized spacial score (nSPS) is 14.2. The third-order valence-electron chi connectivity index (χ3n) is 2.97. The average Bonchev–Trinajstić information content (AvgIpc) is 2.36. The Hall–Kier alpha value is -1.35. The van der Waals surface area contributed by atoms with Crippen LogP contribution in [0.1, 0.15) is 42.2 Å². The molecular formula is C13H19NO2. The molecule has 1 unspecified atom stereocenters. The van der Waals surface area contributed by atoms with E-state index in [9.17, 15) is 4.79 Å². The second-order valence-electron chi connectivity index (χ2n) is 4.02. The Morgan fingerprint density at radius 3 is 2.38 bits per heavy atom. The Kier molecular flexibility index (Phi) is 4.50. The molecule has 88 valence electrons. The van der Waals surface area contributed by atoms with Crippen molar-refractivity contribution in [1.29, 1.82) is 0 Å². The molecule has 0 aromatic heterocycles. The van der Waals surface area contributed by atoms with Gasteiger partial charge in [-0.05, 0) is 23.6 Å². The standard InChI is InChI=1S/C13H19NO2/c1-4-9(2)12(14)10-5-7-11(8-6-10)13(15)16-3/h5-9,12H,4,14H2,1-3H3/t9?,12-/m0/s1. The predicted octanol–water partition coefficient (Wildman–Crippen LogP) is 2.52. The lowest BCUT2D eigenvalue weighted by molar-refractivity contribution is 0.0600. The molecule has 0 fully saturated rings. The van der Waals surface area contributed by atoms with Crippen LogP contribution in [0.2, 0.25) is 0 Å². The summed E-state index contributed by atoms with van der Waals surface area (Å²) in [4.78, 5) is 11.2. The van der Waals surface area contributed by atoms with Gasteiger partial charge in [-0.2, -0.15) is 0 Å². The number of rotatable bonds is 4. The van der Waals surface area contributed by atoms with Crippen LogP contribution in [0.15, 0.2) is 24.3 Å². The van der Waals surface area contributed by atoms with Crippen molar-refractivity contribution in [1.82, 2.24) is 0 Å². The maximum Gasteiger partial charge on any atom is 0.337 e. The van der Waals surface area contributed by atoms with E-state index < -0.39 is 0 Å². The van der Waals surface area contributed by atoms with Gasteiger partial charge in [0.2, 0.25) is 0 Å². The molecule has 0 bridgehead atoms. The van der Waals surface area contributed by atoms with Crippen molar-refractivity contribution in [3.63, 3.8) is 0 Å². The first kappa shape index (κ1) is 12.7. The lowest BCUT2D eigenvalue weighted by atomic mass is 9.93. The zero-order chi connectivity index (χ0) is 12.1. The van der Waals surface area contributed by atoms with Crippen molar-refractivity contribution in [3.8, 4) is 0 Å². The minimum Gasteiger partial charge on any atom is -0.465 e. The number of nitrogens with two attached hydrogens (primary N) is 1. The number of hydrogen-bond acceptors (Lipinski definition) is 3. The van der Waals surface area contributed by atoms with Gasteiger partial charge in [0, 0.05) is 6.04 Å². The number of carbonyl (C=O) groups excluding carboxylic acids is 1. The molecule has 0 aliphatic heterocycles. The summed E-state index contributed by atoms with van der Waals surface area (Å²) >= 11 is 0. The Labute approximate surface area is 96.6 Å². The third-order valence-corrected chi connectivity index (χ3v) is 2.97. The summed E-state index contributed by atoms with van der Waals surface area (Å²) < 4.78 is 4.64. The Bertz CT molecular complexity index is 345. The molecule has 0 saturated heterocycles. The first-order valence-electron chi connectivity index (χ1n) is 5.54. The summed E-state index contributed by atoms with van der Waals surface area (Å²) in [5.41, 5.74) is 7.71. The van der Waals surface area contributed by atoms with E-state index in [1.54, 1.807) is 12.1 Å². The van der Waals surface area contributed by atoms with Crippen LogP contribution in [-0.4, -0.2) is 13.1 Å². The molecular weight excluding hydrogens is 202 g/mol. The fraction of sp³-hybridized carbons (Fsp3) is 0.462. The minimum atomic E-state index is -0.316. The van der Waals surface area contributed by atoms with Gasteiger partial charge in [-0.25, -0.2) is 4.79 Å². The van der Waals surface area contributed by atoms with Crippen LogP contribution in [0.5, 0.6) is 0 Å². The molecule has 2 atom stereocenters. The van der Waals surface area contributed by atoms with Gasteiger partial charge < -0.3 is 10.5 Å². The summed E-state index contributed by atoms with van der Waals surface area (Å²) in [6, 6.07) is 7.32. The molecule has 0 spiro atoms. The van der Waals surface area contributed by atoms with Crippen molar-refractivity contribution in [2.45, 2.75) is 26.3 Å². The van der Waals surface area contributed by atoms with Crippen molar-refractivity contribution >= 4 is 5.97 Å². The minimum absolute atomic E-state index is 0.0247. The number of ether oxygens (including phenoxy) is 1. The molecule has 3 nitrogen and oxygen atoms in total. The lowest BCUT2D eigenvalue weighted by Gasteiger charge is -2.18. The van der Waals surface area contributed by atoms with Crippen LogP contribution in [0.25, 0.3) is 0 Å². The van der Waals surface area contributed by atoms with Gasteiger partial charge in [-0.15, -0.1) is 0 Å². The van der Waals surface area contributed by atoms with E-state index in [1.165, 1.54) is 7.11 Å². The molecule has 0 aliphatic rings. The van der Waals surface area contributed by atoms with Gasteiger partial charge in [0.05, 0.1) is 12.7 Å². The fourth-order valence-electron chi connectivity index (χ4n) is 1.54. The molecule has 0 aliphatic carbocycles. The first-order valence-corrected chi connectivity index (χ1v) is 5.54. The van der Waals surface area contributed by atoms with E-state index in [0.717, 1.165) is 12.0 Å². The summed E-state index contributed by atoms with van der Waals surface area (Å²) in [5.74, 6) is 0.118. The Balaban J connectivity index is 2.82. The van der Waals surface area contributed by atoms with Crippen molar-refractivity contribution in [2.75, 3.05) is 7.11 Å². The Morgan fingerprint density at radius 2 is 1.94 bits per heavy atom. The summed E-state index contributed by atoms with van der Waals surface area (Å²) in [6.07, 6.45) is 1.04. The molecule has 16 heavy (non-hydrogen) atoms. The molecule has 1 rings (SSSR count). The number of esters is 1. The van der Waals surface area contributed by atoms with Crippen LogP contribution in [0.4, 0.5) is 0 Å². The SMILES string of the molecule is CCC(C)[C@H](N)c1ccc(C(=O)OC)cc1. The monoisotopic (exact) mass is 221 g/mol. The highest BCUT2D eigenvalue weighted by Crippen LogP contribution is 2.22. The Morgan fingerprint density at radius 1 is 1.38 bits per heavy atom. The number of carbonyl (C=O) groups is 1. The maximum absolute atomic E-state index is 11.2. The second kappa shape index (κ2) is 5.66. The van der Waals surface area contributed by atoms with Crippen molar-refractivity contribution in [2.24, 2.45) is 11.7 Å². The van der Waals surface area contributed by atoms with Gasteiger partial charge in [0.25, 0.3) is 0 Å². The average molecular weight is 221 g/mol. The third kappa shape index (κ3) is 2.83. The number of hydrogen-bond donors (Lipinski definition) is 1. The van der Waals surface area contributed by atoms with E-state index in [4.69, 9.17) is 5.73 Å². The maximum atomic E-state index is 11.2. The van der Waals surface area contributed by atoms with Gasteiger partial charge in [-0.3, -0.25) is 0 Å². The highest BCUT2D eigenvalue weighted by Gasteiger charge is 2.13. The molecule has 3 heteroatoms. The highest BCUT2D eigenvalue weighted by molar-refractivity contribution is 5.89. The van der Waals surface area contributed by atoms with E-state index in [-0.39, 0.29) is 12.0 Å². The van der Waals surface area contributed by atoms with E-state index in [0.29, 0.717) is 11.5 Å². The van der Waals surface area contributed by atoms with E-state index in [2.05, 4.69) is 18.6 Å². The molecule has 0 radical (unpaired) electrons. The summed E-state index contributed by atoms with van der Waals surface area (Å²) in [7, 11) is 1.38. The molecule has 2 N–H and O–H groups in total. The summed E-state index contributed by atoms with van der Waals surface area (Å²) in [6.45, 7) is 4.24. The van der Waals surface area contributed by atoms with E-state index in [1.807, 2.05) is 12.1 Å². The number of benzene rings is 1. The predicted molar refractivity (Wildman–Crippen MR) is 64.2 cm³/mol. The molecule has 1 aromatic carbocycles. The van der Waals surface area contributed by atoms with Crippen LogP contribution >= 0.6 is 0 Å². The topological polar surface area (TPSA) is 52.3 Å². The van der Waals surface area contributed by atoms with Crippen molar-refractivity contribution < 1.29 is 9.53 Å². The zero-order valence-electron chi connectivity index (χ0n) is 10.1. The van der Waals surface area contributed by atoms with Crippen LogP contribution in [-0.2, 0) is 4.74 Å². The first-order chi connectivity index (χ1) is 7.60. The molecule has 1 aromatic rings. The lowest BCUT2D eigenvalue weighted by Crippen LogP contribution is -2.18. The van der Waals surface area contributed by atoms with Gasteiger partial charge in [0.1, 0.15) is 0 Å². The number of methoxy groups -OCH3 is 1. The van der Waals surface area contributed by atoms with Gasteiger partial charge in [0.15, 0.2) is 0 Å². The molecule has 0 heterocycles. The largest absolute Gasteiger partial charge is 0.465 e. The van der Waals surface area contributed by atoms with Gasteiger partial charge in [-0.1, -0.05) is 32.4 Å². The molecule has 0 amide bonds. The van der Waals surface area contributed by atoms with Crippen LogP contribution in [0.3, 0.4) is 0 Å². The quantitative estimate of drug-likeness (QED) is 0.795. The highest BCUT2D eigenvalue weighted by atomic mass is 16.5. The van der Waals surface area contributed by atoms with Gasteiger partial charge >= 0.3 is 5.97 Å². The van der Waals surface area contributed by atoms with Crippen molar-refractivity contribution in [3.05, 3.63) is 35.4 Å². The smallest absolute Gasteiger partial charge is 0.337 e. The van der Waals surface area contributed by atoms with Crippen LogP contribution in [0, 0.1) is 5.92 Å². The molecule has 0 saturated carbocycles. The van der Waals surface area contributed by atoms with Crippen LogP contribution < -0.4 is 5.73 Å². The zero-order valence-corrected chi connectivity index (χ0v) is 10.1. The second-order valence-corrected chi connectivity index (χ2v) is 4.02.